The molecule has 0 aromatic carbocycles. The van der Waals surface area contributed by atoms with Crippen LogP contribution in [0.5, 0.6) is 0 Å². The Balaban J connectivity index is 3.54. The van der Waals surface area contributed by atoms with Crippen LogP contribution in [0.3, 0.4) is 0 Å². The lowest BCUT2D eigenvalue weighted by atomic mass is 10.1. The molecule has 0 radical (unpaired) electrons. The highest BCUT2D eigenvalue weighted by Gasteiger charge is 2.04. The van der Waals surface area contributed by atoms with Crippen molar-refractivity contribution >= 4 is 0 Å². The molecule has 244 valence electrons. The molecule has 0 saturated heterocycles. The Morgan fingerprint density at radius 2 is 0.610 bits per heavy atom. The van der Waals surface area contributed by atoms with Gasteiger partial charge in [0, 0.05) is 0 Å². The number of allylic oxidation sites excluding steroid dienone is 4. The number of rotatable bonds is 35. The summed E-state index contributed by atoms with van der Waals surface area (Å²) in [5.41, 5.74) is 5.82. The van der Waals surface area contributed by atoms with E-state index in [1.807, 2.05) is 0 Å². The van der Waals surface area contributed by atoms with Gasteiger partial charge in [0.25, 0.3) is 0 Å². The van der Waals surface area contributed by atoms with Gasteiger partial charge < -0.3 is 10.6 Å². The van der Waals surface area contributed by atoms with Crippen molar-refractivity contribution in [2.24, 2.45) is 5.73 Å². The lowest BCUT2D eigenvalue weighted by Gasteiger charge is -2.22. The summed E-state index contributed by atoms with van der Waals surface area (Å²) in [4.78, 5) is 2.70. The molecule has 0 aliphatic carbocycles. The molecule has 0 atom stereocenters. The van der Waals surface area contributed by atoms with E-state index in [4.69, 9.17) is 5.73 Å². The molecule has 0 fully saturated rings. The van der Waals surface area contributed by atoms with E-state index in [1.165, 1.54) is 199 Å². The van der Waals surface area contributed by atoms with E-state index in [9.17, 15) is 0 Å². The van der Waals surface area contributed by atoms with Crippen molar-refractivity contribution in [3.05, 3.63) is 24.3 Å². The second-order valence-electron chi connectivity index (χ2n) is 12.9. The van der Waals surface area contributed by atoms with Gasteiger partial charge in [-0.3, -0.25) is 0 Å². The summed E-state index contributed by atoms with van der Waals surface area (Å²) >= 11 is 0. The third-order valence-corrected chi connectivity index (χ3v) is 8.65. The van der Waals surface area contributed by atoms with Crippen LogP contribution in [0.1, 0.15) is 200 Å². The van der Waals surface area contributed by atoms with E-state index in [2.05, 4.69) is 43.1 Å². The lowest BCUT2D eigenvalue weighted by molar-refractivity contribution is 0.258. The first-order chi connectivity index (χ1) is 20.3. The van der Waals surface area contributed by atoms with Crippen molar-refractivity contribution in [1.82, 2.24) is 4.90 Å². The highest BCUT2D eigenvalue weighted by Crippen LogP contribution is 2.13. The number of hydrogen-bond donors (Lipinski definition) is 1. The second kappa shape index (κ2) is 37.4. The van der Waals surface area contributed by atoms with Crippen molar-refractivity contribution in [2.75, 3.05) is 26.2 Å². The molecule has 2 heteroatoms. The monoisotopic (exact) mass is 575 g/mol. The van der Waals surface area contributed by atoms with Crippen LogP contribution in [0.4, 0.5) is 0 Å². The fourth-order valence-electron chi connectivity index (χ4n) is 5.82. The van der Waals surface area contributed by atoms with Gasteiger partial charge in [-0.2, -0.15) is 0 Å². The molecule has 0 aliphatic heterocycles. The summed E-state index contributed by atoms with van der Waals surface area (Å²) in [5.74, 6) is 0. The Morgan fingerprint density at radius 3 is 0.927 bits per heavy atom. The zero-order valence-corrected chi connectivity index (χ0v) is 28.7. The summed E-state index contributed by atoms with van der Waals surface area (Å²) in [6.07, 6.45) is 49.8. The summed E-state index contributed by atoms with van der Waals surface area (Å²) in [5, 5.41) is 0. The third kappa shape index (κ3) is 35.5. The van der Waals surface area contributed by atoms with Crippen molar-refractivity contribution < 1.29 is 0 Å². The van der Waals surface area contributed by atoms with Gasteiger partial charge >= 0.3 is 0 Å². The number of unbranched alkanes of at least 4 members (excludes halogenated alkanes) is 24. The van der Waals surface area contributed by atoms with Gasteiger partial charge in [0.1, 0.15) is 0 Å². The standard InChI is InChI=1S/C39H78N2/c1-3-5-7-9-11-13-15-17-19-21-23-25-27-29-31-33-37-41(39-35-36-40)38-34-32-30-28-26-24-22-20-18-16-14-12-10-8-6-4-2/h17,19-20,22H,3-16,18,21,23-40H2,1-2H3/b19-17-,22-20-. The van der Waals surface area contributed by atoms with E-state index in [-0.39, 0.29) is 0 Å². The summed E-state index contributed by atoms with van der Waals surface area (Å²) < 4.78 is 0. The first-order valence-electron chi connectivity index (χ1n) is 19.1. The quantitative estimate of drug-likeness (QED) is 0.0602. The van der Waals surface area contributed by atoms with E-state index in [0.29, 0.717) is 0 Å². The Bertz CT molecular complexity index is 512. The van der Waals surface area contributed by atoms with Crippen LogP contribution in [0.25, 0.3) is 0 Å². The minimum absolute atomic E-state index is 0.830. The number of hydrogen-bond acceptors (Lipinski definition) is 2. The van der Waals surface area contributed by atoms with Gasteiger partial charge in [-0.15, -0.1) is 0 Å². The first kappa shape index (κ1) is 40.4. The zero-order chi connectivity index (χ0) is 29.7. The number of nitrogens with zero attached hydrogens (tertiary/aromatic N) is 1. The average Bonchev–Trinajstić information content (AvgIpc) is 2.98. The minimum Gasteiger partial charge on any atom is -0.330 e. The minimum atomic E-state index is 0.830. The first-order valence-corrected chi connectivity index (χ1v) is 19.1. The predicted molar refractivity (Wildman–Crippen MR) is 189 cm³/mol. The molecule has 0 heterocycles. The van der Waals surface area contributed by atoms with Crippen LogP contribution < -0.4 is 5.73 Å². The van der Waals surface area contributed by atoms with Crippen LogP contribution in [0.15, 0.2) is 24.3 Å². The second-order valence-corrected chi connectivity index (χ2v) is 12.9. The molecule has 0 saturated carbocycles. The van der Waals surface area contributed by atoms with Gasteiger partial charge in [0.15, 0.2) is 0 Å². The van der Waals surface area contributed by atoms with Crippen LogP contribution in [-0.2, 0) is 0 Å². The largest absolute Gasteiger partial charge is 0.330 e. The van der Waals surface area contributed by atoms with E-state index >= 15 is 0 Å². The Labute approximate surface area is 260 Å². The molecule has 0 rings (SSSR count). The maximum absolute atomic E-state index is 5.82. The maximum atomic E-state index is 5.82. The molecule has 41 heavy (non-hydrogen) atoms. The molecule has 0 bridgehead atoms. The van der Waals surface area contributed by atoms with Crippen molar-refractivity contribution in [2.45, 2.75) is 200 Å². The lowest BCUT2D eigenvalue weighted by Crippen LogP contribution is -2.28. The van der Waals surface area contributed by atoms with Crippen LogP contribution in [-0.4, -0.2) is 31.1 Å². The third-order valence-electron chi connectivity index (χ3n) is 8.65. The molecule has 0 aromatic rings. The van der Waals surface area contributed by atoms with Crippen molar-refractivity contribution in [1.29, 1.82) is 0 Å². The molecule has 2 N–H and O–H groups in total. The molecule has 0 spiro atoms. The van der Waals surface area contributed by atoms with Gasteiger partial charge in [0.2, 0.25) is 0 Å². The van der Waals surface area contributed by atoms with E-state index in [1.54, 1.807) is 0 Å². The van der Waals surface area contributed by atoms with Crippen LogP contribution >= 0.6 is 0 Å². The fourth-order valence-corrected chi connectivity index (χ4v) is 5.82. The summed E-state index contributed by atoms with van der Waals surface area (Å²) in [7, 11) is 0. The Kier molecular flexibility index (Phi) is 36.9. The fraction of sp³-hybridized carbons (Fsp3) is 0.897. The van der Waals surface area contributed by atoms with Crippen LogP contribution in [0, 0.1) is 0 Å². The smallest absolute Gasteiger partial charge is 0.000672 e. The van der Waals surface area contributed by atoms with E-state index in [0.717, 1.165) is 13.0 Å². The van der Waals surface area contributed by atoms with Gasteiger partial charge in [0.05, 0.1) is 0 Å². The van der Waals surface area contributed by atoms with Crippen molar-refractivity contribution in [3.8, 4) is 0 Å². The zero-order valence-electron chi connectivity index (χ0n) is 28.7. The molecule has 0 amide bonds. The maximum Gasteiger partial charge on any atom is -0.000672 e. The normalized spacial score (nSPS) is 12.1. The van der Waals surface area contributed by atoms with Gasteiger partial charge in [-0.25, -0.2) is 0 Å². The number of nitrogens with two attached hydrogens (primary N) is 1. The topological polar surface area (TPSA) is 29.3 Å². The molecule has 0 aromatic heterocycles. The van der Waals surface area contributed by atoms with Crippen LogP contribution in [0.2, 0.25) is 0 Å². The summed E-state index contributed by atoms with van der Waals surface area (Å²) in [6.45, 7) is 9.18. The van der Waals surface area contributed by atoms with E-state index < -0.39 is 0 Å². The SMILES string of the molecule is CCCCCCCC/C=C\CCCCCCCCN(CCCN)CCCCCCC/C=C\CCCCCCCCC. The highest BCUT2D eigenvalue weighted by atomic mass is 15.1. The predicted octanol–water partition coefficient (Wildman–Crippen LogP) is 12.7. The van der Waals surface area contributed by atoms with Crippen molar-refractivity contribution in [3.63, 3.8) is 0 Å². The summed E-state index contributed by atoms with van der Waals surface area (Å²) in [6, 6.07) is 0. The molecule has 0 aliphatic rings. The van der Waals surface area contributed by atoms with Gasteiger partial charge in [-0.05, 0) is 96.8 Å². The molecular weight excluding hydrogens is 496 g/mol. The average molecular weight is 575 g/mol. The highest BCUT2D eigenvalue weighted by molar-refractivity contribution is 4.82. The molecule has 2 nitrogen and oxygen atoms in total. The van der Waals surface area contributed by atoms with Gasteiger partial charge in [-0.1, -0.05) is 154 Å². The molecular formula is C39H78N2. The Hall–Kier alpha value is -0.600. The molecule has 0 unspecified atom stereocenters. The Morgan fingerprint density at radius 1 is 0.341 bits per heavy atom.